The molecule has 11 heavy (non-hydrogen) atoms. The van der Waals surface area contributed by atoms with Crippen LogP contribution in [0.25, 0.3) is 0 Å². The van der Waals surface area contributed by atoms with Crippen LogP contribution in [0.2, 0.25) is 0 Å². The summed E-state index contributed by atoms with van der Waals surface area (Å²) < 4.78 is 4.79. The molecule has 0 fully saturated rings. The molecular formula is C7H11N2O2+. The third-order valence-corrected chi connectivity index (χ3v) is 1.39. The molecule has 4 heteroatoms. The zero-order chi connectivity index (χ0) is 8.27. The number of carbonyl (C=O) groups is 1. The van der Waals surface area contributed by atoms with Crippen molar-refractivity contribution in [2.75, 3.05) is 6.61 Å². The van der Waals surface area contributed by atoms with Crippen LogP contribution in [0.15, 0.2) is 16.9 Å². The van der Waals surface area contributed by atoms with Gasteiger partial charge in [0, 0.05) is 0 Å². The van der Waals surface area contributed by atoms with Crippen molar-refractivity contribution in [3.63, 3.8) is 0 Å². The Kier molecular flexibility index (Phi) is 2.38. The van der Waals surface area contributed by atoms with Gasteiger partial charge in [0.1, 0.15) is 17.5 Å². The summed E-state index contributed by atoms with van der Waals surface area (Å²) in [6.07, 6.45) is 1.66. The molecule has 0 radical (unpaired) electrons. The highest BCUT2D eigenvalue weighted by Gasteiger charge is 2.20. The normalized spacial score (nSPS) is 15.8. The molecule has 0 saturated carbocycles. The Balaban J connectivity index is 2.61. The van der Waals surface area contributed by atoms with E-state index in [0.29, 0.717) is 12.2 Å². The Morgan fingerprint density at radius 3 is 3.00 bits per heavy atom. The molecule has 0 unspecified atom stereocenters. The molecule has 0 aliphatic carbocycles. The summed E-state index contributed by atoms with van der Waals surface area (Å²) in [7, 11) is 0. The second-order valence-corrected chi connectivity index (χ2v) is 2.16. The number of rotatable bonds is 2. The fraction of sp³-hybridized carbons (Fsp3) is 0.429. The second-order valence-electron chi connectivity index (χ2n) is 2.16. The number of nitrogens with zero attached hydrogens (tertiary/aromatic N) is 1. The van der Waals surface area contributed by atoms with Crippen molar-refractivity contribution in [1.29, 1.82) is 0 Å². The Hall–Kier alpha value is -1.16. The van der Waals surface area contributed by atoms with Gasteiger partial charge < -0.3 is 4.74 Å². The predicted octanol–water partition coefficient (Wildman–Crippen LogP) is -0.614. The van der Waals surface area contributed by atoms with Gasteiger partial charge in [-0.1, -0.05) is 5.10 Å². The first-order valence-electron chi connectivity index (χ1n) is 3.51. The minimum atomic E-state index is -0.289. The van der Waals surface area contributed by atoms with E-state index in [2.05, 4.69) is 5.10 Å². The molecule has 2 N–H and O–H groups in total. The van der Waals surface area contributed by atoms with E-state index in [4.69, 9.17) is 4.74 Å². The molecule has 0 aromatic heterocycles. The first kappa shape index (κ1) is 7.94. The van der Waals surface area contributed by atoms with Gasteiger partial charge in [-0.25, -0.2) is 4.79 Å². The third-order valence-electron chi connectivity index (χ3n) is 1.39. The van der Waals surface area contributed by atoms with Crippen LogP contribution in [0.4, 0.5) is 0 Å². The highest BCUT2D eigenvalue weighted by Crippen LogP contribution is 2.00. The highest BCUT2D eigenvalue weighted by atomic mass is 16.5. The quantitative estimate of drug-likeness (QED) is 0.427. The van der Waals surface area contributed by atoms with Crippen molar-refractivity contribution in [2.24, 2.45) is 5.10 Å². The van der Waals surface area contributed by atoms with Gasteiger partial charge in [0.15, 0.2) is 0 Å². The molecule has 1 heterocycles. The lowest BCUT2D eigenvalue weighted by Gasteiger charge is -1.98. The Bertz CT molecular complexity index is 231. The second kappa shape index (κ2) is 3.30. The van der Waals surface area contributed by atoms with Gasteiger partial charge in [-0.2, -0.15) is 5.43 Å². The number of ether oxygens (including phenoxy) is 1. The first-order chi connectivity index (χ1) is 5.25. The van der Waals surface area contributed by atoms with E-state index in [-0.39, 0.29) is 5.97 Å². The molecule has 0 atom stereocenters. The lowest BCUT2D eigenvalue weighted by atomic mass is 10.2. The van der Waals surface area contributed by atoms with E-state index in [1.54, 1.807) is 25.5 Å². The molecule has 1 rings (SSSR count). The van der Waals surface area contributed by atoms with Crippen molar-refractivity contribution >= 4 is 11.7 Å². The fourth-order valence-electron chi connectivity index (χ4n) is 0.838. The van der Waals surface area contributed by atoms with Crippen LogP contribution in [0.3, 0.4) is 0 Å². The van der Waals surface area contributed by atoms with E-state index in [1.807, 2.05) is 0 Å². The number of hydrogen-bond donors (Lipinski definition) is 1. The van der Waals surface area contributed by atoms with Gasteiger partial charge in [-0.3, -0.25) is 0 Å². The largest absolute Gasteiger partial charge is 0.462 e. The van der Waals surface area contributed by atoms with Crippen LogP contribution in [0.5, 0.6) is 0 Å². The maximum atomic E-state index is 11.1. The maximum Gasteiger partial charge on any atom is 0.345 e. The number of hydrogen-bond acceptors (Lipinski definition) is 3. The monoisotopic (exact) mass is 155 g/mol. The van der Waals surface area contributed by atoms with Gasteiger partial charge in [0.05, 0.1) is 6.61 Å². The summed E-state index contributed by atoms with van der Waals surface area (Å²) in [5.74, 6) is -0.289. The van der Waals surface area contributed by atoms with E-state index in [0.717, 1.165) is 5.71 Å². The molecule has 0 bridgehead atoms. The number of carbonyl (C=O) groups excluding carboxylic acids is 1. The van der Waals surface area contributed by atoms with Crippen LogP contribution >= 0.6 is 0 Å². The SMILES string of the molecule is CCOC(=O)C1=C[NH2+]N=C1C. The standard InChI is InChI=1S/C7H10N2O2/c1-3-11-7(10)6-4-8-9-5(6)2/h4H,3H2,1-2H3,(H,8,9)/p+1. The summed E-state index contributed by atoms with van der Waals surface area (Å²) in [6, 6.07) is 0. The summed E-state index contributed by atoms with van der Waals surface area (Å²) >= 11 is 0. The molecular weight excluding hydrogens is 144 g/mol. The summed E-state index contributed by atoms with van der Waals surface area (Å²) in [5.41, 5.74) is 2.89. The van der Waals surface area contributed by atoms with Crippen molar-refractivity contribution in [1.82, 2.24) is 0 Å². The van der Waals surface area contributed by atoms with Crippen LogP contribution < -0.4 is 5.43 Å². The van der Waals surface area contributed by atoms with Gasteiger partial charge >= 0.3 is 5.97 Å². The molecule has 0 amide bonds. The predicted molar refractivity (Wildman–Crippen MR) is 39.8 cm³/mol. The van der Waals surface area contributed by atoms with Crippen molar-refractivity contribution in [3.8, 4) is 0 Å². The average Bonchev–Trinajstić information content (AvgIpc) is 2.36. The van der Waals surface area contributed by atoms with Gasteiger partial charge in [0.2, 0.25) is 0 Å². The molecule has 1 aliphatic rings. The smallest absolute Gasteiger partial charge is 0.345 e. The van der Waals surface area contributed by atoms with E-state index >= 15 is 0 Å². The molecule has 0 aromatic carbocycles. The zero-order valence-corrected chi connectivity index (χ0v) is 6.63. The van der Waals surface area contributed by atoms with Crippen LogP contribution in [0.1, 0.15) is 13.8 Å². The highest BCUT2D eigenvalue weighted by molar-refractivity contribution is 6.18. The van der Waals surface area contributed by atoms with Gasteiger partial charge in [-0.15, -0.1) is 0 Å². The van der Waals surface area contributed by atoms with E-state index in [1.165, 1.54) is 0 Å². The summed E-state index contributed by atoms with van der Waals surface area (Å²) in [5, 5.41) is 3.92. The Morgan fingerprint density at radius 2 is 2.55 bits per heavy atom. The molecule has 0 aromatic rings. The minimum absolute atomic E-state index is 0.289. The first-order valence-corrected chi connectivity index (χ1v) is 3.51. The molecule has 4 nitrogen and oxygen atoms in total. The number of nitrogens with two attached hydrogens (primary N) is 1. The molecule has 60 valence electrons. The van der Waals surface area contributed by atoms with Crippen molar-refractivity contribution < 1.29 is 15.0 Å². The van der Waals surface area contributed by atoms with E-state index in [9.17, 15) is 4.79 Å². The van der Waals surface area contributed by atoms with Crippen LogP contribution in [-0.4, -0.2) is 18.3 Å². The van der Waals surface area contributed by atoms with Gasteiger partial charge in [-0.05, 0) is 13.8 Å². The third kappa shape index (κ3) is 1.65. The molecule has 0 spiro atoms. The zero-order valence-electron chi connectivity index (χ0n) is 6.63. The Morgan fingerprint density at radius 1 is 1.82 bits per heavy atom. The fourth-order valence-corrected chi connectivity index (χ4v) is 0.838. The number of esters is 1. The van der Waals surface area contributed by atoms with E-state index < -0.39 is 0 Å². The molecule has 1 aliphatic heterocycles. The topological polar surface area (TPSA) is 55.3 Å². The average molecular weight is 155 g/mol. The van der Waals surface area contributed by atoms with Crippen molar-refractivity contribution in [2.45, 2.75) is 13.8 Å². The lowest BCUT2D eigenvalue weighted by molar-refractivity contribution is -0.590. The van der Waals surface area contributed by atoms with Gasteiger partial charge in [0.25, 0.3) is 0 Å². The lowest BCUT2D eigenvalue weighted by Crippen LogP contribution is -2.69. The number of quaternary nitrogens is 1. The molecule has 0 saturated heterocycles. The minimum Gasteiger partial charge on any atom is -0.462 e. The Labute approximate surface area is 64.9 Å². The summed E-state index contributed by atoms with van der Waals surface area (Å²) in [6.45, 7) is 3.97. The van der Waals surface area contributed by atoms with Crippen molar-refractivity contribution in [3.05, 3.63) is 11.8 Å². The van der Waals surface area contributed by atoms with Crippen LogP contribution in [-0.2, 0) is 9.53 Å². The summed E-state index contributed by atoms with van der Waals surface area (Å²) in [4.78, 5) is 11.1. The van der Waals surface area contributed by atoms with Crippen LogP contribution in [0, 0.1) is 0 Å². The maximum absolute atomic E-state index is 11.1.